The van der Waals surface area contributed by atoms with Crippen LogP contribution in [0.25, 0.3) is 45.8 Å². The molecule has 0 atom stereocenters. The summed E-state index contributed by atoms with van der Waals surface area (Å²) in [5.74, 6) is 0. The lowest BCUT2D eigenvalue weighted by molar-refractivity contribution is 1.30. The van der Waals surface area contributed by atoms with E-state index in [-0.39, 0.29) is 0 Å². The Balaban J connectivity index is 0.899. The zero-order chi connectivity index (χ0) is 37.5. The number of fused-ring (bicyclic) bond motifs is 2. The molecule has 9 aromatic carbocycles. The standard InChI is InChI=1S/C54H40N2/c1-3-17-47(18-4-1)55(53-23-11-15-45-13-7-9-21-51(45)53)49-37-33-43(34-38-49)31-29-41-25-27-42(28-26-41)30-32-44-35-39-50(40-36-44)56(48-19-5-2-6-20-48)54-24-12-16-46-14-8-10-22-52(46)54/h1-40H/b31-29+,32-30+. The minimum Gasteiger partial charge on any atom is -0.310 e. The van der Waals surface area contributed by atoms with E-state index in [1.807, 2.05) is 0 Å². The third kappa shape index (κ3) is 7.37. The molecule has 266 valence electrons. The molecule has 0 bridgehead atoms. The van der Waals surface area contributed by atoms with E-state index >= 15 is 0 Å². The van der Waals surface area contributed by atoms with Crippen LogP contribution in [0.1, 0.15) is 22.3 Å². The van der Waals surface area contributed by atoms with Crippen LogP contribution in [0, 0.1) is 0 Å². The predicted molar refractivity (Wildman–Crippen MR) is 242 cm³/mol. The average molecular weight is 717 g/mol. The molecule has 2 nitrogen and oxygen atoms in total. The van der Waals surface area contributed by atoms with E-state index in [9.17, 15) is 0 Å². The fourth-order valence-electron chi connectivity index (χ4n) is 7.39. The summed E-state index contributed by atoms with van der Waals surface area (Å²) in [6.45, 7) is 0. The maximum absolute atomic E-state index is 2.34. The summed E-state index contributed by atoms with van der Waals surface area (Å²) in [5, 5.41) is 4.90. The van der Waals surface area contributed by atoms with Gasteiger partial charge in [0.1, 0.15) is 0 Å². The van der Waals surface area contributed by atoms with Crippen molar-refractivity contribution in [3.8, 4) is 0 Å². The van der Waals surface area contributed by atoms with Gasteiger partial charge in [-0.15, -0.1) is 0 Å². The Morgan fingerprint density at radius 3 is 0.893 bits per heavy atom. The summed E-state index contributed by atoms with van der Waals surface area (Å²) in [5.41, 5.74) is 11.4. The normalized spacial score (nSPS) is 11.4. The second kappa shape index (κ2) is 15.9. The first-order valence-electron chi connectivity index (χ1n) is 19.1. The topological polar surface area (TPSA) is 6.48 Å². The van der Waals surface area contributed by atoms with Gasteiger partial charge in [0.25, 0.3) is 0 Å². The maximum atomic E-state index is 2.34. The lowest BCUT2D eigenvalue weighted by Crippen LogP contribution is -2.10. The summed E-state index contributed by atoms with van der Waals surface area (Å²) in [4.78, 5) is 4.67. The van der Waals surface area contributed by atoms with Crippen LogP contribution in [0.15, 0.2) is 218 Å². The maximum Gasteiger partial charge on any atom is 0.0540 e. The Bertz CT molecular complexity index is 2560. The van der Waals surface area contributed by atoms with Crippen molar-refractivity contribution in [2.75, 3.05) is 9.80 Å². The van der Waals surface area contributed by atoms with Crippen LogP contribution < -0.4 is 9.80 Å². The zero-order valence-corrected chi connectivity index (χ0v) is 31.0. The molecule has 0 aliphatic heterocycles. The highest BCUT2D eigenvalue weighted by Crippen LogP contribution is 2.40. The molecule has 0 unspecified atom stereocenters. The van der Waals surface area contributed by atoms with Gasteiger partial charge in [0.2, 0.25) is 0 Å². The minimum atomic E-state index is 1.12. The molecule has 0 fully saturated rings. The van der Waals surface area contributed by atoms with Crippen molar-refractivity contribution in [2.24, 2.45) is 0 Å². The Labute approximate surface area is 329 Å². The highest BCUT2D eigenvalue weighted by Gasteiger charge is 2.16. The van der Waals surface area contributed by atoms with E-state index in [0.717, 1.165) is 56.4 Å². The van der Waals surface area contributed by atoms with Gasteiger partial charge in [-0.25, -0.2) is 0 Å². The third-order valence-electron chi connectivity index (χ3n) is 10.2. The first-order chi connectivity index (χ1) is 27.8. The number of para-hydroxylation sites is 2. The van der Waals surface area contributed by atoms with Gasteiger partial charge < -0.3 is 9.80 Å². The van der Waals surface area contributed by atoms with E-state index in [1.54, 1.807) is 0 Å². The monoisotopic (exact) mass is 716 g/mol. The Kier molecular flexibility index (Phi) is 9.75. The molecule has 0 saturated heterocycles. The smallest absolute Gasteiger partial charge is 0.0540 e. The molecule has 0 saturated carbocycles. The summed E-state index contributed by atoms with van der Waals surface area (Å²) in [6, 6.07) is 77.6. The molecule has 0 heterocycles. The molecule has 0 spiro atoms. The summed E-state index contributed by atoms with van der Waals surface area (Å²) < 4.78 is 0. The number of nitrogens with zero attached hydrogens (tertiary/aromatic N) is 2. The molecule has 0 N–H and O–H groups in total. The lowest BCUT2D eigenvalue weighted by Gasteiger charge is -2.27. The highest BCUT2D eigenvalue weighted by molar-refractivity contribution is 6.00. The van der Waals surface area contributed by atoms with Gasteiger partial charge in [0, 0.05) is 33.5 Å². The number of rotatable bonds is 10. The first-order valence-corrected chi connectivity index (χ1v) is 19.1. The van der Waals surface area contributed by atoms with Crippen LogP contribution in [0.2, 0.25) is 0 Å². The summed E-state index contributed by atoms with van der Waals surface area (Å²) >= 11 is 0. The van der Waals surface area contributed by atoms with Gasteiger partial charge in [0.05, 0.1) is 11.4 Å². The average Bonchev–Trinajstić information content (AvgIpc) is 3.27. The van der Waals surface area contributed by atoms with Gasteiger partial charge in [-0.1, -0.05) is 182 Å². The molecule has 0 amide bonds. The quantitative estimate of drug-likeness (QED) is 0.130. The lowest BCUT2D eigenvalue weighted by atomic mass is 10.1. The van der Waals surface area contributed by atoms with Gasteiger partial charge in [-0.3, -0.25) is 0 Å². The second-order valence-corrected chi connectivity index (χ2v) is 13.9. The van der Waals surface area contributed by atoms with E-state index in [2.05, 4.69) is 252 Å². The van der Waals surface area contributed by atoms with E-state index in [0.29, 0.717) is 0 Å². The van der Waals surface area contributed by atoms with Gasteiger partial charge in [-0.2, -0.15) is 0 Å². The van der Waals surface area contributed by atoms with Crippen LogP contribution >= 0.6 is 0 Å². The van der Waals surface area contributed by atoms with Crippen molar-refractivity contribution >= 4 is 80.0 Å². The number of hydrogen-bond donors (Lipinski definition) is 0. The molecule has 2 heteroatoms. The Morgan fingerprint density at radius 1 is 0.232 bits per heavy atom. The SMILES string of the molecule is C(=C\c1ccc(N(c2ccccc2)c2cccc3ccccc23)cc1)/c1ccc(/C=C/c2ccc(N(c3ccccc3)c3cccc4ccccc34)cc2)cc1. The van der Waals surface area contributed by atoms with Gasteiger partial charge in [0.15, 0.2) is 0 Å². The number of anilines is 6. The third-order valence-corrected chi connectivity index (χ3v) is 10.2. The van der Waals surface area contributed by atoms with Crippen molar-refractivity contribution in [3.63, 3.8) is 0 Å². The fourth-order valence-corrected chi connectivity index (χ4v) is 7.39. The number of benzene rings is 9. The Morgan fingerprint density at radius 2 is 0.518 bits per heavy atom. The van der Waals surface area contributed by atoms with Gasteiger partial charge >= 0.3 is 0 Å². The van der Waals surface area contributed by atoms with E-state index < -0.39 is 0 Å². The van der Waals surface area contributed by atoms with Crippen LogP contribution in [-0.2, 0) is 0 Å². The van der Waals surface area contributed by atoms with Crippen LogP contribution in [-0.4, -0.2) is 0 Å². The molecular weight excluding hydrogens is 677 g/mol. The molecule has 9 rings (SSSR count). The van der Waals surface area contributed by atoms with Crippen molar-refractivity contribution < 1.29 is 0 Å². The molecule has 0 aliphatic rings. The molecule has 9 aromatic rings. The van der Waals surface area contributed by atoms with Crippen molar-refractivity contribution in [1.29, 1.82) is 0 Å². The largest absolute Gasteiger partial charge is 0.310 e. The van der Waals surface area contributed by atoms with E-state index in [1.165, 1.54) is 21.5 Å². The molecule has 0 radical (unpaired) electrons. The fraction of sp³-hybridized carbons (Fsp3) is 0. The minimum absolute atomic E-state index is 1.12. The second-order valence-electron chi connectivity index (χ2n) is 13.9. The molecule has 0 aliphatic carbocycles. The molecular formula is C54H40N2. The van der Waals surface area contributed by atoms with Crippen molar-refractivity contribution in [1.82, 2.24) is 0 Å². The van der Waals surface area contributed by atoms with Crippen LogP contribution in [0.4, 0.5) is 34.1 Å². The van der Waals surface area contributed by atoms with Crippen LogP contribution in [0.3, 0.4) is 0 Å². The highest BCUT2D eigenvalue weighted by atomic mass is 15.1. The number of hydrogen-bond acceptors (Lipinski definition) is 2. The Hall–Kier alpha value is -7.42. The van der Waals surface area contributed by atoms with Crippen LogP contribution in [0.5, 0.6) is 0 Å². The summed E-state index contributed by atoms with van der Waals surface area (Å²) in [7, 11) is 0. The molecule has 0 aromatic heterocycles. The van der Waals surface area contributed by atoms with E-state index in [4.69, 9.17) is 0 Å². The van der Waals surface area contributed by atoms with Crippen molar-refractivity contribution in [3.05, 3.63) is 241 Å². The predicted octanol–water partition coefficient (Wildman–Crippen LogP) is 15.3. The van der Waals surface area contributed by atoms with Gasteiger partial charge in [-0.05, 0) is 93.7 Å². The summed E-state index contributed by atoms with van der Waals surface area (Å²) in [6.07, 6.45) is 8.71. The zero-order valence-electron chi connectivity index (χ0n) is 31.0. The van der Waals surface area contributed by atoms with Crippen molar-refractivity contribution in [2.45, 2.75) is 0 Å². The molecule has 56 heavy (non-hydrogen) atoms. The first kappa shape index (κ1) is 34.4.